The molecular formula is C21H19FN2O2S. The summed E-state index contributed by atoms with van der Waals surface area (Å²) in [4.78, 5) is 26.8. The number of dihydropyridines is 1. The standard InChI is InChI=1S/C21H19FN2O2S/c1-12-18(21(26)24-14-6-2-5-13(22)11-14)20(17-9-4-10-27-17)19-15(23-12)7-3-8-16(19)25/h2,4-6,9-11,20,23H,3,7-8H2,1H3,(H,24,26). The molecule has 138 valence electrons. The Morgan fingerprint density at radius 2 is 2.11 bits per heavy atom. The van der Waals surface area contributed by atoms with E-state index in [2.05, 4.69) is 10.6 Å². The van der Waals surface area contributed by atoms with Crippen LogP contribution in [0.25, 0.3) is 0 Å². The predicted molar refractivity (Wildman–Crippen MR) is 104 cm³/mol. The lowest BCUT2D eigenvalue weighted by atomic mass is 9.77. The molecular weight excluding hydrogens is 363 g/mol. The molecule has 0 spiro atoms. The molecule has 1 aromatic carbocycles. The zero-order valence-electron chi connectivity index (χ0n) is 14.8. The summed E-state index contributed by atoms with van der Waals surface area (Å²) in [6.45, 7) is 1.85. The number of benzene rings is 1. The highest BCUT2D eigenvalue weighted by atomic mass is 32.1. The quantitative estimate of drug-likeness (QED) is 0.822. The topological polar surface area (TPSA) is 58.2 Å². The van der Waals surface area contributed by atoms with E-state index in [0.717, 1.165) is 29.1 Å². The van der Waals surface area contributed by atoms with E-state index in [-0.39, 0.29) is 17.6 Å². The molecule has 1 atom stereocenters. The minimum absolute atomic E-state index is 0.0886. The van der Waals surface area contributed by atoms with Crippen molar-refractivity contribution in [2.24, 2.45) is 0 Å². The van der Waals surface area contributed by atoms with Crippen molar-refractivity contribution in [2.75, 3.05) is 5.32 Å². The van der Waals surface area contributed by atoms with Crippen molar-refractivity contribution in [3.63, 3.8) is 0 Å². The van der Waals surface area contributed by atoms with E-state index in [1.807, 2.05) is 24.4 Å². The van der Waals surface area contributed by atoms with Gasteiger partial charge >= 0.3 is 0 Å². The molecule has 4 nitrogen and oxygen atoms in total. The molecule has 1 aliphatic heterocycles. The van der Waals surface area contributed by atoms with Crippen LogP contribution in [-0.4, -0.2) is 11.7 Å². The zero-order chi connectivity index (χ0) is 19.0. The molecule has 0 saturated carbocycles. The van der Waals surface area contributed by atoms with E-state index in [1.165, 1.54) is 23.5 Å². The van der Waals surface area contributed by atoms with Gasteiger partial charge in [-0.1, -0.05) is 12.1 Å². The van der Waals surface area contributed by atoms with Gasteiger partial charge in [-0.2, -0.15) is 0 Å². The van der Waals surface area contributed by atoms with Crippen LogP contribution in [0.4, 0.5) is 10.1 Å². The second-order valence-electron chi connectivity index (χ2n) is 6.75. The van der Waals surface area contributed by atoms with Crippen LogP contribution in [0.5, 0.6) is 0 Å². The number of Topliss-reactive ketones (excluding diaryl/α,β-unsaturated/α-hetero) is 1. The van der Waals surface area contributed by atoms with Gasteiger partial charge in [-0.25, -0.2) is 4.39 Å². The van der Waals surface area contributed by atoms with Gasteiger partial charge in [-0.3, -0.25) is 9.59 Å². The molecule has 1 aromatic heterocycles. The monoisotopic (exact) mass is 382 g/mol. The lowest BCUT2D eigenvalue weighted by molar-refractivity contribution is -0.116. The number of halogens is 1. The van der Waals surface area contributed by atoms with Gasteiger partial charge in [-0.05, 0) is 49.4 Å². The number of thiophene rings is 1. The number of allylic oxidation sites excluding steroid dienone is 3. The number of hydrogen-bond acceptors (Lipinski definition) is 4. The molecule has 1 unspecified atom stereocenters. The highest BCUT2D eigenvalue weighted by molar-refractivity contribution is 7.10. The maximum atomic E-state index is 13.5. The van der Waals surface area contributed by atoms with Gasteiger partial charge in [0.2, 0.25) is 0 Å². The lowest BCUT2D eigenvalue weighted by Crippen LogP contribution is -2.35. The molecule has 2 aliphatic rings. The van der Waals surface area contributed by atoms with E-state index < -0.39 is 5.82 Å². The fourth-order valence-corrected chi connectivity index (χ4v) is 4.63. The Morgan fingerprint density at radius 3 is 2.85 bits per heavy atom. The van der Waals surface area contributed by atoms with Crippen LogP contribution in [0.1, 0.15) is 37.0 Å². The summed E-state index contributed by atoms with van der Waals surface area (Å²) in [6.07, 6.45) is 2.12. The molecule has 0 bridgehead atoms. The molecule has 6 heteroatoms. The van der Waals surface area contributed by atoms with Gasteiger partial charge in [0.25, 0.3) is 5.91 Å². The summed E-state index contributed by atoms with van der Waals surface area (Å²) in [7, 11) is 0. The minimum Gasteiger partial charge on any atom is -0.362 e. The van der Waals surface area contributed by atoms with Gasteiger partial charge in [0, 0.05) is 39.5 Å². The van der Waals surface area contributed by atoms with Gasteiger partial charge < -0.3 is 10.6 Å². The Morgan fingerprint density at radius 1 is 1.26 bits per heavy atom. The van der Waals surface area contributed by atoms with Gasteiger partial charge in [-0.15, -0.1) is 11.3 Å². The Labute approximate surface area is 160 Å². The number of rotatable bonds is 3. The van der Waals surface area contributed by atoms with Crippen LogP contribution in [0.2, 0.25) is 0 Å². The number of ketones is 1. The molecule has 0 fully saturated rings. The Kier molecular flexibility index (Phi) is 4.66. The molecule has 0 saturated heterocycles. The van der Waals surface area contributed by atoms with Crippen LogP contribution in [0.3, 0.4) is 0 Å². The first-order valence-electron chi connectivity index (χ1n) is 8.89. The number of anilines is 1. The van der Waals surface area contributed by atoms with Gasteiger partial charge in [0.15, 0.2) is 5.78 Å². The van der Waals surface area contributed by atoms with E-state index in [4.69, 9.17) is 0 Å². The number of nitrogens with one attached hydrogen (secondary N) is 2. The molecule has 1 amide bonds. The Hall–Kier alpha value is -2.73. The molecule has 1 aliphatic carbocycles. The fourth-order valence-electron chi connectivity index (χ4n) is 3.79. The first-order chi connectivity index (χ1) is 13.0. The van der Waals surface area contributed by atoms with Crippen molar-refractivity contribution >= 4 is 28.7 Å². The summed E-state index contributed by atoms with van der Waals surface area (Å²) in [6, 6.07) is 9.68. The third-order valence-corrected chi connectivity index (χ3v) is 5.87. The Balaban J connectivity index is 1.75. The normalized spacial score (nSPS) is 19.6. The Bertz CT molecular complexity index is 976. The van der Waals surface area contributed by atoms with Crippen molar-refractivity contribution in [2.45, 2.75) is 32.1 Å². The lowest BCUT2D eigenvalue weighted by Gasteiger charge is -2.33. The van der Waals surface area contributed by atoms with E-state index in [0.29, 0.717) is 23.3 Å². The van der Waals surface area contributed by atoms with Crippen molar-refractivity contribution in [1.29, 1.82) is 0 Å². The fraction of sp³-hybridized carbons (Fsp3) is 0.238. The molecule has 27 heavy (non-hydrogen) atoms. The van der Waals surface area contributed by atoms with Gasteiger partial charge in [0.05, 0.1) is 5.92 Å². The van der Waals surface area contributed by atoms with Crippen LogP contribution in [0.15, 0.2) is 64.3 Å². The van der Waals surface area contributed by atoms with Crippen LogP contribution >= 0.6 is 11.3 Å². The second kappa shape index (κ2) is 7.12. The predicted octanol–water partition coefficient (Wildman–Crippen LogP) is 4.49. The van der Waals surface area contributed by atoms with Crippen molar-refractivity contribution in [3.8, 4) is 0 Å². The smallest absolute Gasteiger partial charge is 0.254 e. The van der Waals surface area contributed by atoms with Crippen LogP contribution in [0, 0.1) is 5.82 Å². The third kappa shape index (κ3) is 3.32. The number of carbonyl (C=O) groups excluding carboxylic acids is 2. The molecule has 2 heterocycles. The van der Waals surface area contributed by atoms with Crippen molar-refractivity contribution in [1.82, 2.24) is 5.32 Å². The molecule has 4 rings (SSSR count). The molecule has 0 radical (unpaired) electrons. The summed E-state index contributed by atoms with van der Waals surface area (Å²) >= 11 is 1.53. The van der Waals surface area contributed by atoms with Crippen LogP contribution in [-0.2, 0) is 9.59 Å². The zero-order valence-corrected chi connectivity index (χ0v) is 15.7. The minimum atomic E-state index is -0.414. The number of amides is 1. The van der Waals surface area contributed by atoms with Crippen molar-refractivity contribution in [3.05, 3.63) is 75.0 Å². The summed E-state index contributed by atoms with van der Waals surface area (Å²) < 4.78 is 13.5. The SMILES string of the molecule is CC1=C(C(=O)Nc2cccc(F)c2)C(c2cccs2)C2=C(CCCC2=O)N1. The van der Waals surface area contributed by atoms with E-state index in [9.17, 15) is 14.0 Å². The average Bonchev–Trinajstić information content (AvgIpc) is 3.15. The largest absolute Gasteiger partial charge is 0.362 e. The highest BCUT2D eigenvalue weighted by Crippen LogP contribution is 2.43. The summed E-state index contributed by atoms with van der Waals surface area (Å²) in [5.74, 6) is -1.04. The third-order valence-electron chi connectivity index (χ3n) is 4.93. The first kappa shape index (κ1) is 17.7. The van der Waals surface area contributed by atoms with E-state index in [1.54, 1.807) is 12.1 Å². The van der Waals surface area contributed by atoms with E-state index >= 15 is 0 Å². The molecule has 2 aromatic rings. The maximum Gasteiger partial charge on any atom is 0.254 e. The second-order valence-corrected chi connectivity index (χ2v) is 7.72. The first-order valence-corrected chi connectivity index (χ1v) is 9.77. The van der Waals surface area contributed by atoms with Crippen LogP contribution < -0.4 is 10.6 Å². The number of hydrogen-bond donors (Lipinski definition) is 2. The highest BCUT2D eigenvalue weighted by Gasteiger charge is 2.38. The summed E-state index contributed by atoms with van der Waals surface area (Å²) in [5, 5.41) is 8.00. The van der Waals surface area contributed by atoms with Crippen molar-refractivity contribution < 1.29 is 14.0 Å². The average molecular weight is 382 g/mol. The maximum absolute atomic E-state index is 13.5. The van der Waals surface area contributed by atoms with Gasteiger partial charge in [0.1, 0.15) is 5.82 Å². The molecule has 2 N–H and O–H groups in total. The number of carbonyl (C=O) groups is 2. The summed E-state index contributed by atoms with van der Waals surface area (Å²) in [5.41, 5.74) is 3.24.